The molecule has 4 heteroatoms. The molecule has 0 aliphatic rings. The van der Waals surface area contributed by atoms with Crippen molar-refractivity contribution in [3.8, 4) is 0 Å². The minimum absolute atomic E-state index is 0.0548. The maximum atomic E-state index is 11.6. The summed E-state index contributed by atoms with van der Waals surface area (Å²) in [6.45, 7) is 4.28. The topological polar surface area (TPSA) is 72.5 Å². The lowest BCUT2D eigenvalue weighted by Gasteiger charge is -2.19. The van der Waals surface area contributed by atoms with Gasteiger partial charge >= 0.3 is 5.97 Å². The van der Waals surface area contributed by atoms with E-state index in [0.717, 1.165) is 5.56 Å². The molecule has 4 nitrogen and oxygen atoms in total. The standard InChI is InChI=1S/C15H23NO3/c1-11(2)8-13(16)14(17)9-15(18)19-10-12-6-4-3-5-7-12/h3-7,11,13-14,17H,8-10,16H2,1-2H3/t13-,14-/m0/s1. The second kappa shape index (κ2) is 7.92. The Labute approximate surface area is 114 Å². The van der Waals surface area contributed by atoms with E-state index in [2.05, 4.69) is 0 Å². The summed E-state index contributed by atoms with van der Waals surface area (Å²) in [5, 5.41) is 9.81. The van der Waals surface area contributed by atoms with E-state index in [9.17, 15) is 9.90 Å². The third-order valence-corrected chi connectivity index (χ3v) is 2.86. The molecule has 3 N–H and O–H groups in total. The van der Waals surface area contributed by atoms with Crippen LogP contribution >= 0.6 is 0 Å². The summed E-state index contributed by atoms with van der Waals surface area (Å²) >= 11 is 0. The van der Waals surface area contributed by atoms with Gasteiger partial charge in [-0.15, -0.1) is 0 Å². The molecule has 0 bridgehead atoms. The van der Waals surface area contributed by atoms with Crippen LogP contribution in [-0.2, 0) is 16.1 Å². The van der Waals surface area contributed by atoms with Gasteiger partial charge in [-0.25, -0.2) is 0 Å². The van der Waals surface area contributed by atoms with Gasteiger partial charge in [-0.1, -0.05) is 44.2 Å². The van der Waals surface area contributed by atoms with E-state index < -0.39 is 12.1 Å². The molecule has 0 radical (unpaired) electrons. The molecule has 19 heavy (non-hydrogen) atoms. The Kier molecular flexibility index (Phi) is 6.53. The lowest BCUT2D eigenvalue weighted by molar-refractivity contribution is -0.147. The van der Waals surface area contributed by atoms with Crippen molar-refractivity contribution in [1.29, 1.82) is 0 Å². The van der Waals surface area contributed by atoms with Crippen molar-refractivity contribution in [2.45, 2.75) is 45.4 Å². The van der Waals surface area contributed by atoms with Gasteiger partial charge in [0.05, 0.1) is 12.5 Å². The fourth-order valence-electron chi connectivity index (χ4n) is 1.82. The highest BCUT2D eigenvalue weighted by Crippen LogP contribution is 2.10. The first-order chi connectivity index (χ1) is 8.99. The predicted molar refractivity (Wildman–Crippen MR) is 74.3 cm³/mol. The molecule has 2 atom stereocenters. The van der Waals surface area contributed by atoms with Crippen LogP contribution in [-0.4, -0.2) is 23.2 Å². The number of nitrogens with two attached hydrogens (primary N) is 1. The second-order valence-electron chi connectivity index (χ2n) is 5.21. The Morgan fingerprint density at radius 3 is 2.53 bits per heavy atom. The third kappa shape index (κ3) is 6.36. The number of hydrogen-bond donors (Lipinski definition) is 2. The molecule has 0 saturated heterocycles. The zero-order valence-electron chi connectivity index (χ0n) is 11.6. The highest BCUT2D eigenvalue weighted by molar-refractivity contribution is 5.70. The number of aliphatic hydroxyl groups is 1. The number of carbonyl (C=O) groups excluding carboxylic acids is 1. The molecule has 0 fully saturated rings. The molecule has 0 aromatic heterocycles. The first-order valence-electron chi connectivity index (χ1n) is 6.62. The predicted octanol–water partition coefficient (Wildman–Crippen LogP) is 1.85. The molecule has 0 heterocycles. The number of benzene rings is 1. The van der Waals surface area contributed by atoms with Crippen molar-refractivity contribution in [3.63, 3.8) is 0 Å². The second-order valence-corrected chi connectivity index (χ2v) is 5.21. The largest absolute Gasteiger partial charge is 0.461 e. The highest BCUT2D eigenvalue weighted by atomic mass is 16.5. The number of ether oxygens (including phenoxy) is 1. The van der Waals surface area contributed by atoms with Crippen LogP contribution in [0.2, 0.25) is 0 Å². The van der Waals surface area contributed by atoms with Crippen LogP contribution in [0, 0.1) is 5.92 Å². The van der Waals surface area contributed by atoms with E-state index in [-0.39, 0.29) is 19.1 Å². The summed E-state index contributed by atoms with van der Waals surface area (Å²) in [5.74, 6) is -0.0273. The lowest BCUT2D eigenvalue weighted by atomic mass is 9.98. The Bertz CT molecular complexity index is 378. The molecule has 0 spiro atoms. The maximum Gasteiger partial charge on any atom is 0.308 e. The van der Waals surface area contributed by atoms with Crippen LogP contribution in [0.1, 0.15) is 32.3 Å². The normalized spacial score (nSPS) is 14.2. The lowest BCUT2D eigenvalue weighted by Crippen LogP contribution is -2.37. The number of esters is 1. The zero-order valence-corrected chi connectivity index (χ0v) is 11.6. The Hall–Kier alpha value is -1.39. The molecule has 0 unspecified atom stereocenters. The van der Waals surface area contributed by atoms with Crippen molar-refractivity contribution in [3.05, 3.63) is 35.9 Å². The van der Waals surface area contributed by atoms with Gasteiger partial charge in [0.1, 0.15) is 6.61 Å². The van der Waals surface area contributed by atoms with Crippen molar-refractivity contribution in [2.75, 3.05) is 0 Å². The summed E-state index contributed by atoms with van der Waals surface area (Å²) in [7, 11) is 0. The van der Waals surface area contributed by atoms with Crippen molar-refractivity contribution in [1.82, 2.24) is 0 Å². The smallest absolute Gasteiger partial charge is 0.308 e. The zero-order chi connectivity index (χ0) is 14.3. The van der Waals surface area contributed by atoms with Crippen molar-refractivity contribution < 1.29 is 14.6 Å². The molecule has 0 amide bonds. The number of rotatable bonds is 7. The number of carbonyl (C=O) groups is 1. The van der Waals surface area contributed by atoms with E-state index in [0.29, 0.717) is 12.3 Å². The van der Waals surface area contributed by atoms with Gasteiger partial charge in [-0.2, -0.15) is 0 Å². The fraction of sp³-hybridized carbons (Fsp3) is 0.533. The van der Waals surface area contributed by atoms with Gasteiger partial charge in [0.25, 0.3) is 0 Å². The van der Waals surface area contributed by atoms with Crippen LogP contribution in [0.5, 0.6) is 0 Å². The summed E-state index contributed by atoms with van der Waals surface area (Å²) in [6, 6.07) is 9.06. The van der Waals surface area contributed by atoms with Gasteiger partial charge in [-0.3, -0.25) is 4.79 Å². The Balaban J connectivity index is 2.31. The molecule has 1 aromatic rings. The van der Waals surface area contributed by atoms with Crippen LogP contribution in [0.3, 0.4) is 0 Å². The first kappa shape index (κ1) is 15.7. The van der Waals surface area contributed by atoms with Gasteiger partial charge in [0.15, 0.2) is 0 Å². The van der Waals surface area contributed by atoms with Gasteiger partial charge in [-0.05, 0) is 17.9 Å². The number of hydrogen-bond acceptors (Lipinski definition) is 4. The van der Waals surface area contributed by atoms with Gasteiger partial charge in [0.2, 0.25) is 0 Å². The average Bonchev–Trinajstić information content (AvgIpc) is 2.36. The van der Waals surface area contributed by atoms with Crippen LogP contribution in [0.4, 0.5) is 0 Å². The van der Waals surface area contributed by atoms with E-state index >= 15 is 0 Å². The Morgan fingerprint density at radius 2 is 1.95 bits per heavy atom. The molecule has 0 aliphatic heterocycles. The summed E-state index contributed by atoms with van der Waals surface area (Å²) in [4.78, 5) is 11.6. The summed E-state index contributed by atoms with van der Waals surface area (Å²) in [6.07, 6.45) is -0.209. The van der Waals surface area contributed by atoms with E-state index in [1.54, 1.807) is 0 Å². The molecule has 1 aromatic carbocycles. The van der Waals surface area contributed by atoms with Crippen LogP contribution < -0.4 is 5.73 Å². The van der Waals surface area contributed by atoms with E-state index in [1.807, 2.05) is 44.2 Å². The van der Waals surface area contributed by atoms with Crippen LogP contribution in [0.25, 0.3) is 0 Å². The summed E-state index contributed by atoms with van der Waals surface area (Å²) in [5.41, 5.74) is 6.74. The van der Waals surface area contributed by atoms with Crippen LogP contribution in [0.15, 0.2) is 30.3 Å². The summed E-state index contributed by atoms with van der Waals surface area (Å²) < 4.78 is 5.10. The molecule has 0 aliphatic carbocycles. The number of aliphatic hydroxyl groups excluding tert-OH is 1. The van der Waals surface area contributed by atoms with Gasteiger partial charge in [0, 0.05) is 6.04 Å². The molecule has 1 rings (SSSR count). The van der Waals surface area contributed by atoms with Crippen molar-refractivity contribution >= 4 is 5.97 Å². The first-order valence-corrected chi connectivity index (χ1v) is 6.62. The quantitative estimate of drug-likeness (QED) is 0.738. The average molecular weight is 265 g/mol. The highest BCUT2D eigenvalue weighted by Gasteiger charge is 2.20. The minimum atomic E-state index is -0.842. The monoisotopic (exact) mass is 265 g/mol. The molecular formula is C15H23NO3. The molecular weight excluding hydrogens is 242 g/mol. The molecule has 106 valence electrons. The van der Waals surface area contributed by atoms with Gasteiger partial charge < -0.3 is 15.6 Å². The maximum absolute atomic E-state index is 11.6. The minimum Gasteiger partial charge on any atom is -0.461 e. The third-order valence-electron chi connectivity index (χ3n) is 2.86. The van der Waals surface area contributed by atoms with Crippen molar-refractivity contribution in [2.24, 2.45) is 11.7 Å². The molecule has 0 saturated carbocycles. The Morgan fingerprint density at radius 1 is 1.32 bits per heavy atom. The van der Waals surface area contributed by atoms with E-state index in [4.69, 9.17) is 10.5 Å². The van der Waals surface area contributed by atoms with E-state index in [1.165, 1.54) is 0 Å². The fourth-order valence-corrected chi connectivity index (χ4v) is 1.82. The SMILES string of the molecule is CC(C)C[C@H](N)[C@@H](O)CC(=O)OCc1ccccc1.